The second kappa shape index (κ2) is 7.73. The van der Waals surface area contributed by atoms with Crippen LogP contribution in [0.25, 0.3) is 11.1 Å². The number of hydrogen-bond donors (Lipinski definition) is 0. The third-order valence-corrected chi connectivity index (χ3v) is 5.71. The Labute approximate surface area is 170 Å². The summed E-state index contributed by atoms with van der Waals surface area (Å²) in [6.45, 7) is 4.38. The molecule has 0 radical (unpaired) electrons. The van der Waals surface area contributed by atoms with Crippen LogP contribution in [0.5, 0.6) is 0 Å². The summed E-state index contributed by atoms with van der Waals surface area (Å²) in [7, 11) is 0. The molecule has 0 aliphatic carbocycles. The van der Waals surface area contributed by atoms with Crippen LogP contribution in [0.15, 0.2) is 29.3 Å². The minimum absolute atomic E-state index is 0.00849. The summed E-state index contributed by atoms with van der Waals surface area (Å²) >= 11 is 0. The van der Waals surface area contributed by atoms with E-state index in [4.69, 9.17) is 4.52 Å². The molecule has 0 unspecified atom stereocenters. The van der Waals surface area contributed by atoms with Crippen LogP contribution in [-0.2, 0) is 11.0 Å². The van der Waals surface area contributed by atoms with E-state index in [1.54, 1.807) is 17.4 Å². The molecule has 1 fully saturated rings. The van der Waals surface area contributed by atoms with Crippen LogP contribution in [0, 0.1) is 6.92 Å². The number of halogens is 3. The van der Waals surface area contributed by atoms with Crippen molar-refractivity contribution in [1.82, 2.24) is 24.6 Å². The molecule has 3 aromatic heterocycles. The van der Waals surface area contributed by atoms with Gasteiger partial charge in [0.25, 0.3) is 5.71 Å². The van der Waals surface area contributed by atoms with E-state index in [0.717, 1.165) is 6.07 Å². The van der Waals surface area contributed by atoms with E-state index in [0.29, 0.717) is 38.0 Å². The molecule has 4 heterocycles. The molecule has 1 aliphatic heterocycles. The first-order valence-electron chi connectivity index (χ1n) is 9.83. The minimum Gasteiger partial charge on any atom is -0.343 e. The highest BCUT2D eigenvalue weighted by atomic mass is 19.4. The van der Waals surface area contributed by atoms with Crippen molar-refractivity contribution < 1.29 is 22.5 Å². The summed E-state index contributed by atoms with van der Waals surface area (Å²) in [5.74, 6) is -0.143. The van der Waals surface area contributed by atoms with Crippen molar-refractivity contribution in [3.05, 3.63) is 41.7 Å². The number of aromatic nitrogens is 4. The number of amides is 1. The van der Waals surface area contributed by atoms with E-state index in [2.05, 4.69) is 15.1 Å². The van der Waals surface area contributed by atoms with Crippen LogP contribution in [0.4, 0.5) is 13.2 Å². The van der Waals surface area contributed by atoms with Crippen LogP contribution in [0.1, 0.15) is 55.1 Å². The van der Waals surface area contributed by atoms with Gasteiger partial charge >= 0.3 is 6.18 Å². The Kier molecular flexibility index (Phi) is 5.25. The number of hydrogen-bond acceptors (Lipinski definition) is 5. The molecule has 0 saturated carbocycles. The predicted molar refractivity (Wildman–Crippen MR) is 102 cm³/mol. The standard InChI is InChI=1S/C20H22F3N5O2/c1-12(28-8-5-24-11-28)9-17(29)27-6-3-14(4-7-27)16-10-15(20(21,22)23)18-13(2)26-30-19(18)25-16/h5,8,10-12,14H,3-4,6-7,9H2,1-2H3/t12-/m0/s1. The molecule has 160 valence electrons. The molecule has 0 aromatic carbocycles. The zero-order valence-corrected chi connectivity index (χ0v) is 16.7. The normalized spacial score (nSPS) is 16.9. The van der Waals surface area contributed by atoms with Crippen molar-refractivity contribution in [3.63, 3.8) is 0 Å². The molecule has 0 spiro atoms. The van der Waals surface area contributed by atoms with Gasteiger partial charge in [-0.2, -0.15) is 13.2 Å². The van der Waals surface area contributed by atoms with Crippen molar-refractivity contribution in [2.45, 2.75) is 51.2 Å². The van der Waals surface area contributed by atoms with E-state index in [1.807, 2.05) is 17.7 Å². The quantitative estimate of drug-likeness (QED) is 0.634. The number of pyridine rings is 1. The smallest absolute Gasteiger partial charge is 0.343 e. The lowest BCUT2D eigenvalue weighted by atomic mass is 9.91. The lowest BCUT2D eigenvalue weighted by molar-refractivity contribution is -0.136. The van der Waals surface area contributed by atoms with Gasteiger partial charge in [0.05, 0.1) is 23.0 Å². The average Bonchev–Trinajstić information content (AvgIpc) is 3.37. The van der Waals surface area contributed by atoms with Gasteiger partial charge in [0.15, 0.2) is 0 Å². The van der Waals surface area contributed by atoms with Crippen molar-refractivity contribution in [2.75, 3.05) is 13.1 Å². The maximum absolute atomic E-state index is 13.6. The predicted octanol–water partition coefficient (Wildman–Crippen LogP) is 4.10. The molecule has 1 atom stereocenters. The highest BCUT2D eigenvalue weighted by Gasteiger charge is 2.37. The molecule has 0 N–H and O–H groups in total. The van der Waals surface area contributed by atoms with Crippen molar-refractivity contribution in [1.29, 1.82) is 0 Å². The highest BCUT2D eigenvalue weighted by molar-refractivity contribution is 5.81. The fourth-order valence-electron chi connectivity index (χ4n) is 3.99. The molecule has 7 nitrogen and oxygen atoms in total. The first-order valence-corrected chi connectivity index (χ1v) is 9.83. The van der Waals surface area contributed by atoms with Crippen molar-refractivity contribution >= 4 is 17.0 Å². The Hall–Kier alpha value is -2.91. The fourth-order valence-corrected chi connectivity index (χ4v) is 3.99. The van der Waals surface area contributed by atoms with Gasteiger partial charge in [-0.3, -0.25) is 4.79 Å². The summed E-state index contributed by atoms with van der Waals surface area (Å²) in [6.07, 6.45) is 2.09. The third kappa shape index (κ3) is 3.90. The number of imidazole rings is 1. The van der Waals surface area contributed by atoms with Gasteiger partial charge in [0.2, 0.25) is 5.91 Å². The van der Waals surface area contributed by atoms with Crippen LogP contribution < -0.4 is 0 Å². The van der Waals surface area contributed by atoms with Gasteiger partial charge in [-0.15, -0.1) is 0 Å². The van der Waals surface area contributed by atoms with Gasteiger partial charge in [-0.25, -0.2) is 9.97 Å². The zero-order chi connectivity index (χ0) is 21.5. The summed E-state index contributed by atoms with van der Waals surface area (Å²) in [6, 6.07) is 1.10. The monoisotopic (exact) mass is 421 g/mol. The van der Waals surface area contributed by atoms with E-state index in [-0.39, 0.29) is 34.7 Å². The Morgan fingerprint density at radius 2 is 2.07 bits per heavy atom. The molecular formula is C20H22F3N5O2. The maximum Gasteiger partial charge on any atom is 0.417 e. The summed E-state index contributed by atoms with van der Waals surface area (Å²) in [5.41, 5.74) is -0.354. The molecule has 10 heteroatoms. The fraction of sp³-hybridized carbons (Fsp3) is 0.500. The van der Waals surface area contributed by atoms with Gasteiger partial charge in [-0.1, -0.05) is 5.16 Å². The largest absolute Gasteiger partial charge is 0.417 e. The first-order chi connectivity index (χ1) is 14.2. The first kappa shape index (κ1) is 20.4. The topological polar surface area (TPSA) is 77.0 Å². The van der Waals surface area contributed by atoms with Crippen molar-refractivity contribution in [3.8, 4) is 0 Å². The molecule has 0 bridgehead atoms. The summed E-state index contributed by atoms with van der Waals surface area (Å²) in [5, 5.41) is 3.55. The molecular weight excluding hydrogens is 399 g/mol. The minimum atomic E-state index is -4.52. The van der Waals surface area contributed by atoms with Gasteiger partial charge < -0.3 is 14.0 Å². The molecule has 3 aromatic rings. The van der Waals surface area contributed by atoms with Gasteiger partial charge in [0, 0.05) is 49.6 Å². The van der Waals surface area contributed by atoms with E-state index < -0.39 is 11.7 Å². The maximum atomic E-state index is 13.6. The molecule has 1 aliphatic rings. The molecule has 1 saturated heterocycles. The highest BCUT2D eigenvalue weighted by Crippen LogP contribution is 2.38. The van der Waals surface area contributed by atoms with Crippen LogP contribution in [-0.4, -0.2) is 43.6 Å². The van der Waals surface area contributed by atoms with Gasteiger partial charge in [-0.05, 0) is 32.8 Å². The van der Waals surface area contributed by atoms with E-state index in [1.165, 1.54) is 6.92 Å². The lowest BCUT2D eigenvalue weighted by Gasteiger charge is -2.32. The van der Waals surface area contributed by atoms with Crippen LogP contribution in [0.2, 0.25) is 0 Å². The van der Waals surface area contributed by atoms with Crippen LogP contribution in [0.3, 0.4) is 0 Å². The molecule has 4 rings (SSSR count). The number of likely N-dealkylation sites (tertiary alicyclic amines) is 1. The number of carbonyl (C=O) groups excluding carboxylic acids is 1. The number of rotatable bonds is 4. The lowest BCUT2D eigenvalue weighted by Crippen LogP contribution is -2.38. The van der Waals surface area contributed by atoms with Crippen LogP contribution >= 0.6 is 0 Å². The Balaban J connectivity index is 1.46. The Morgan fingerprint density at radius 3 is 2.70 bits per heavy atom. The number of aryl methyl sites for hydroxylation is 1. The SMILES string of the molecule is Cc1noc2nc(C3CCN(C(=O)C[C@H](C)n4ccnc4)CC3)cc(C(F)(F)F)c12. The summed E-state index contributed by atoms with van der Waals surface area (Å²) < 4.78 is 47.6. The number of alkyl halides is 3. The zero-order valence-electron chi connectivity index (χ0n) is 16.7. The second-order valence-electron chi connectivity index (χ2n) is 7.76. The summed E-state index contributed by atoms with van der Waals surface area (Å²) in [4.78, 5) is 22.7. The number of piperidine rings is 1. The van der Waals surface area contributed by atoms with E-state index >= 15 is 0 Å². The van der Waals surface area contributed by atoms with Gasteiger partial charge in [0.1, 0.15) is 0 Å². The van der Waals surface area contributed by atoms with Crippen molar-refractivity contribution in [2.24, 2.45) is 0 Å². The molecule has 1 amide bonds. The Bertz CT molecular complexity index is 1040. The molecule has 30 heavy (non-hydrogen) atoms. The Morgan fingerprint density at radius 1 is 1.33 bits per heavy atom. The number of carbonyl (C=O) groups is 1. The van der Waals surface area contributed by atoms with E-state index in [9.17, 15) is 18.0 Å². The second-order valence-corrected chi connectivity index (χ2v) is 7.76. The average molecular weight is 421 g/mol. The third-order valence-electron chi connectivity index (χ3n) is 5.71. The number of nitrogens with zero attached hydrogens (tertiary/aromatic N) is 5. The number of fused-ring (bicyclic) bond motifs is 1.